The summed E-state index contributed by atoms with van der Waals surface area (Å²) in [6.45, 7) is 0.555. The molecule has 0 aromatic heterocycles. The summed E-state index contributed by atoms with van der Waals surface area (Å²) in [5.41, 5.74) is 2.89. The molecule has 0 fully saturated rings. The van der Waals surface area contributed by atoms with Gasteiger partial charge in [-0.3, -0.25) is 0 Å². The molecule has 0 aliphatic rings. The molecule has 0 spiro atoms. The van der Waals surface area contributed by atoms with Crippen LogP contribution in [-0.4, -0.2) is 25.9 Å². The van der Waals surface area contributed by atoms with Crippen LogP contribution in [0.25, 0.3) is 0 Å². The van der Waals surface area contributed by atoms with Gasteiger partial charge in [-0.2, -0.15) is 0 Å². The van der Waals surface area contributed by atoms with Crippen molar-refractivity contribution in [1.82, 2.24) is 0 Å². The van der Waals surface area contributed by atoms with Gasteiger partial charge in [0.05, 0.1) is 13.8 Å². The van der Waals surface area contributed by atoms with Gasteiger partial charge in [-0.15, -0.1) is 0 Å². The van der Waals surface area contributed by atoms with Crippen LogP contribution >= 0.6 is 0 Å². The van der Waals surface area contributed by atoms with Crippen LogP contribution in [0.2, 0.25) is 0 Å². The molecule has 5 nitrogen and oxygen atoms in total. The number of rotatable bonds is 6. The Balaban J connectivity index is 1.90. The van der Waals surface area contributed by atoms with E-state index in [1.165, 1.54) is 7.11 Å². The van der Waals surface area contributed by atoms with E-state index in [2.05, 4.69) is 16.0 Å². The third-order valence-corrected chi connectivity index (χ3v) is 2.92. The molecule has 2 aromatic rings. The lowest BCUT2D eigenvalue weighted by atomic mass is 10.2. The highest BCUT2D eigenvalue weighted by molar-refractivity contribution is 5.58. The molecule has 0 radical (unpaired) electrons. The molecule has 0 heterocycles. The molecule has 0 amide bonds. The molecule has 0 atom stereocenters. The molecule has 0 aliphatic heterocycles. The molecular formula is C15H19N3O2. The Hall–Kier alpha value is -2.56. The Morgan fingerprint density at radius 3 is 2.35 bits per heavy atom. The summed E-state index contributed by atoms with van der Waals surface area (Å²) < 4.78 is 5.00. The highest BCUT2D eigenvalue weighted by Gasteiger charge is 2.01. The maximum Gasteiger partial charge on any atom is 0.160 e. The van der Waals surface area contributed by atoms with E-state index in [1.807, 2.05) is 37.4 Å². The number of methoxy groups -OCH3 is 1. The van der Waals surface area contributed by atoms with Crippen molar-refractivity contribution in [2.24, 2.45) is 0 Å². The van der Waals surface area contributed by atoms with Gasteiger partial charge in [0.1, 0.15) is 0 Å². The van der Waals surface area contributed by atoms with Crippen LogP contribution in [-0.2, 0) is 0 Å². The van der Waals surface area contributed by atoms with Crippen LogP contribution in [0.5, 0.6) is 11.5 Å². The van der Waals surface area contributed by atoms with Crippen molar-refractivity contribution < 1.29 is 9.84 Å². The molecule has 0 saturated carbocycles. The van der Waals surface area contributed by atoms with E-state index >= 15 is 0 Å². The van der Waals surface area contributed by atoms with Crippen molar-refractivity contribution in [2.45, 2.75) is 0 Å². The van der Waals surface area contributed by atoms with Crippen LogP contribution in [0.1, 0.15) is 0 Å². The lowest BCUT2D eigenvalue weighted by molar-refractivity contribution is 0.373. The maximum absolute atomic E-state index is 9.68. The lowest BCUT2D eigenvalue weighted by Gasteiger charge is -2.11. The molecule has 0 unspecified atom stereocenters. The van der Waals surface area contributed by atoms with Gasteiger partial charge >= 0.3 is 0 Å². The Morgan fingerprint density at radius 1 is 1.00 bits per heavy atom. The van der Waals surface area contributed by atoms with Gasteiger partial charge in [0, 0.05) is 30.2 Å². The zero-order valence-corrected chi connectivity index (χ0v) is 11.6. The normalized spacial score (nSPS) is 9.90. The molecule has 5 heteroatoms. The number of benzene rings is 2. The first kappa shape index (κ1) is 13.9. The second-order valence-electron chi connectivity index (χ2n) is 4.25. The highest BCUT2D eigenvalue weighted by atomic mass is 16.5. The quantitative estimate of drug-likeness (QED) is 0.609. The van der Waals surface area contributed by atoms with Gasteiger partial charge < -0.3 is 25.8 Å². The average Bonchev–Trinajstić information content (AvgIpc) is 2.48. The molecule has 0 bridgehead atoms. The Labute approximate surface area is 118 Å². The van der Waals surface area contributed by atoms with E-state index in [0.29, 0.717) is 12.4 Å². The van der Waals surface area contributed by atoms with Crippen LogP contribution in [0.15, 0.2) is 42.5 Å². The number of phenolic OH excluding ortho intramolecular Hbond substituents is 1. The smallest absolute Gasteiger partial charge is 0.160 e. The summed E-state index contributed by atoms with van der Waals surface area (Å²) in [5.74, 6) is 0.583. The molecule has 2 aromatic carbocycles. The van der Waals surface area contributed by atoms with E-state index in [0.717, 1.165) is 17.1 Å². The second kappa shape index (κ2) is 6.56. The Morgan fingerprint density at radius 2 is 1.70 bits per heavy atom. The molecule has 2 rings (SSSR count). The molecule has 20 heavy (non-hydrogen) atoms. The van der Waals surface area contributed by atoms with Crippen molar-refractivity contribution in [3.05, 3.63) is 42.5 Å². The van der Waals surface area contributed by atoms with Crippen LogP contribution < -0.4 is 20.7 Å². The summed E-state index contributed by atoms with van der Waals surface area (Å²) in [5, 5.41) is 19.2. The zero-order chi connectivity index (χ0) is 14.4. The molecule has 106 valence electrons. The molecule has 0 aliphatic carbocycles. The Bertz CT molecular complexity index is 573. The Kier molecular flexibility index (Phi) is 4.55. The van der Waals surface area contributed by atoms with Crippen LogP contribution in [0.4, 0.5) is 17.1 Å². The number of ether oxygens (including phenoxy) is 1. The summed E-state index contributed by atoms with van der Waals surface area (Å²) in [6.07, 6.45) is 0. The van der Waals surface area contributed by atoms with Crippen molar-refractivity contribution >= 4 is 17.1 Å². The standard InChI is InChI=1S/C15H19N3O2/c1-16-11-4-3-5-12(8-11)17-10-18-13-6-7-15(20-2)14(19)9-13/h3-9,16-19H,10H2,1-2H3. The maximum atomic E-state index is 9.68. The minimum Gasteiger partial charge on any atom is -0.504 e. The number of phenols is 1. The van der Waals surface area contributed by atoms with Gasteiger partial charge in [-0.25, -0.2) is 0 Å². The first-order valence-corrected chi connectivity index (χ1v) is 6.35. The first-order chi connectivity index (χ1) is 9.72. The SMILES string of the molecule is CNc1cccc(NCNc2ccc(OC)c(O)c2)c1. The topological polar surface area (TPSA) is 65.5 Å². The predicted octanol–water partition coefficient (Wildman–Crippen LogP) is 2.92. The minimum absolute atomic E-state index is 0.120. The van der Waals surface area contributed by atoms with Gasteiger partial charge in [0.15, 0.2) is 11.5 Å². The van der Waals surface area contributed by atoms with Crippen LogP contribution in [0.3, 0.4) is 0 Å². The van der Waals surface area contributed by atoms with E-state index in [4.69, 9.17) is 4.74 Å². The highest BCUT2D eigenvalue weighted by Crippen LogP contribution is 2.28. The number of anilines is 3. The van der Waals surface area contributed by atoms with Gasteiger partial charge in [0.2, 0.25) is 0 Å². The molecular weight excluding hydrogens is 254 g/mol. The van der Waals surface area contributed by atoms with Gasteiger partial charge in [-0.05, 0) is 30.3 Å². The monoisotopic (exact) mass is 273 g/mol. The second-order valence-corrected chi connectivity index (χ2v) is 4.25. The molecule has 4 N–H and O–H groups in total. The fourth-order valence-electron chi connectivity index (χ4n) is 1.83. The van der Waals surface area contributed by atoms with Crippen molar-refractivity contribution in [3.8, 4) is 11.5 Å². The summed E-state index contributed by atoms with van der Waals surface area (Å²) in [7, 11) is 3.41. The summed E-state index contributed by atoms with van der Waals surface area (Å²) in [6, 6.07) is 13.2. The minimum atomic E-state index is 0.120. The number of hydrogen-bond acceptors (Lipinski definition) is 5. The van der Waals surface area contributed by atoms with Crippen molar-refractivity contribution in [2.75, 3.05) is 36.8 Å². The van der Waals surface area contributed by atoms with E-state index in [-0.39, 0.29) is 5.75 Å². The van der Waals surface area contributed by atoms with Gasteiger partial charge in [-0.1, -0.05) is 6.07 Å². The van der Waals surface area contributed by atoms with Crippen molar-refractivity contribution in [3.63, 3.8) is 0 Å². The van der Waals surface area contributed by atoms with E-state index < -0.39 is 0 Å². The summed E-state index contributed by atoms with van der Waals surface area (Å²) >= 11 is 0. The fraction of sp³-hybridized carbons (Fsp3) is 0.200. The van der Waals surface area contributed by atoms with Gasteiger partial charge in [0.25, 0.3) is 0 Å². The lowest BCUT2D eigenvalue weighted by Crippen LogP contribution is -2.11. The zero-order valence-electron chi connectivity index (χ0n) is 11.6. The predicted molar refractivity (Wildman–Crippen MR) is 82.8 cm³/mol. The summed E-state index contributed by atoms with van der Waals surface area (Å²) in [4.78, 5) is 0. The number of hydrogen-bond donors (Lipinski definition) is 4. The fourth-order valence-corrected chi connectivity index (χ4v) is 1.83. The number of nitrogens with one attached hydrogen (secondary N) is 3. The van der Waals surface area contributed by atoms with Crippen LogP contribution in [0, 0.1) is 0 Å². The largest absolute Gasteiger partial charge is 0.504 e. The first-order valence-electron chi connectivity index (χ1n) is 6.35. The van der Waals surface area contributed by atoms with E-state index in [9.17, 15) is 5.11 Å². The molecule has 0 saturated heterocycles. The number of aromatic hydroxyl groups is 1. The van der Waals surface area contributed by atoms with E-state index in [1.54, 1.807) is 12.1 Å². The third kappa shape index (κ3) is 3.47. The third-order valence-electron chi connectivity index (χ3n) is 2.92. The van der Waals surface area contributed by atoms with Crippen molar-refractivity contribution in [1.29, 1.82) is 0 Å². The average molecular weight is 273 g/mol.